The Labute approximate surface area is 127 Å². The lowest BCUT2D eigenvalue weighted by atomic mass is 10.3. The van der Waals surface area contributed by atoms with Gasteiger partial charge in [0.2, 0.25) is 10.9 Å². The van der Waals surface area contributed by atoms with Crippen LogP contribution < -0.4 is 5.32 Å². The number of thiazole rings is 1. The molecule has 0 aromatic carbocycles. The third kappa shape index (κ3) is 4.52. The summed E-state index contributed by atoms with van der Waals surface area (Å²) in [6, 6.07) is -0.657. The van der Waals surface area contributed by atoms with Crippen molar-refractivity contribution >= 4 is 29.1 Å². The molecule has 0 spiro atoms. The van der Waals surface area contributed by atoms with Crippen LogP contribution in [0.15, 0.2) is 5.38 Å². The maximum absolute atomic E-state index is 12.0. The van der Waals surface area contributed by atoms with E-state index in [9.17, 15) is 14.4 Å². The normalized spacial score (nSPS) is 11.6. The van der Waals surface area contributed by atoms with Gasteiger partial charge in [-0.05, 0) is 20.8 Å². The summed E-state index contributed by atoms with van der Waals surface area (Å²) in [5.41, 5.74) is 0.0989. The van der Waals surface area contributed by atoms with Gasteiger partial charge in [0.25, 0.3) is 5.91 Å². The smallest absolute Gasteiger partial charge is 0.367 e. The summed E-state index contributed by atoms with van der Waals surface area (Å²) in [6.07, 6.45) is 0. The van der Waals surface area contributed by atoms with Gasteiger partial charge in [0.05, 0.1) is 6.61 Å². The van der Waals surface area contributed by atoms with Crippen LogP contribution in [0.3, 0.4) is 0 Å². The Bertz CT molecular complexity index is 529. The van der Waals surface area contributed by atoms with E-state index >= 15 is 0 Å². The second-order valence-electron chi connectivity index (χ2n) is 4.31. The fraction of sp³-hybridized carbons (Fsp3) is 0.538. The molecule has 1 unspecified atom stereocenters. The van der Waals surface area contributed by atoms with Crippen molar-refractivity contribution < 1.29 is 19.1 Å². The van der Waals surface area contributed by atoms with Gasteiger partial charge in [0.15, 0.2) is 0 Å². The second kappa shape index (κ2) is 7.72. The van der Waals surface area contributed by atoms with Gasteiger partial charge in [-0.25, -0.2) is 9.78 Å². The van der Waals surface area contributed by atoms with E-state index < -0.39 is 17.9 Å². The Kier molecular flexibility index (Phi) is 6.29. The van der Waals surface area contributed by atoms with Gasteiger partial charge in [-0.15, -0.1) is 11.3 Å². The predicted molar refractivity (Wildman–Crippen MR) is 78.3 cm³/mol. The molecule has 2 amide bonds. The minimum atomic E-state index is -0.657. The minimum Gasteiger partial charge on any atom is -0.461 e. The van der Waals surface area contributed by atoms with Crippen LogP contribution in [-0.4, -0.2) is 53.9 Å². The van der Waals surface area contributed by atoms with E-state index in [0.717, 1.165) is 11.3 Å². The molecule has 0 aliphatic heterocycles. The topological polar surface area (TPSA) is 88.6 Å². The molecule has 1 N–H and O–H groups in total. The molecule has 1 rings (SSSR count). The zero-order valence-electron chi connectivity index (χ0n) is 12.5. The highest BCUT2D eigenvalue weighted by Gasteiger charge is 2.21. The Morgan fingerprint density at radius 3 is 2.67 bits per heavy atom. The number of ether oxygens (including phenoxy) is 1. The van der Waals surface area contributed by atoms with E-state index in [4.69, 9.17) is 4.74 Å². The molecule has 116 valence electrons. The molecule has 0 saturated carbocycles. The van der Waals surface area contributed by atoms with E-state index in [2.05, 4.69) is 10.3 Å². The van der Waals surface area contributed by atoms with Crippen molar-refractivity contribution in [2.45, 2.75) is 26.8 Å². The SMILES string of the molecule is CCOC(=O)c1nc(C(=O)NC(C)C(=O)N(C)CC)cs1. The number of carbonyl (C=O) groups is 3. The minimum absolute atomic E-state index is 0.0989. The first-order valence-corrected chi connectivity index (χ1v) is 7.47. The standard InChI is InChI=1S/C13H19N3O4S/c1-5-16(4)12(18)8(3)14-10(17)9-7-21-11(15-9)13(19)20-6-2/h7-8H,5-6H2,1-4H3,(H,14,17). The van der Waals surface area contributed by atoms with Gasteiger partial charge in [0.1, 0.15) is 11.7 Å². The van der Waals surface area contributed by atoms with Gasteiger partial charge in [0, 0.05) is 19.0 Å². The van der Waals surface area contributed by atoms with Crippen molar-refractivity contribution in [2.24, 2.45) is 0 Å². The summed E-state index contributed by atoms with van der Waals surface area (Å²) in [5.74, 6) is -1.24. The quantitative estimate of drug-likeness (QED) is 0.789. The number of likely N-dealkylation sites (N-methyl/N-ethyl adjacent to an activating group) is 1. The maximum atomic E-state index is 12.0. The summed E-state index contributed by atoms with van der Waals surface area (Å²) in [7, 11) is 1.66. The zero-order chi connectivity index (χ0) is 16.0. The van der Waals surface area contributed by atoms with E-state index in [1.807, 2.05) is 6.92 Å². The molecule has 7 nitrogen and oxygen atoms in total. The maximum Gasteiger partial charge on any atom is 0.367 e. The molecular formula is C13H19N3O4S. The largest absolute Gasteiger partial charge is 0.461 e. The number of hydrogen-bond acceptors (Lipinski definition) is 6. The van der Waals surface area contributed by atoms with E-state index in [0.29, 0.717) is 6.54 Å². The summed E-state index contributed by atoms with van der Waals surface area (Å²) >= 11 is 1.03. The van der Waals surface area contributed by atoms with Crippen LogP contribution in [0.5, 0.6) is 0 Å². The van der Waals surface area contributed by atoms with Crippen molar-refractivity contribution in [1.29, 1.82) is 0 Å². The fourth-order valence-electron chi connectivity index (χ4n) is 1.48. The van der Waals surface area contributed by atoms with Crippen LogP contribution in [0, 0.1) is 0 Å². The van der Waals surface area contributed by atoms with Crippen LogP contribution in [0.4, 0.5) is 0 Å². The molecule has 0 saturated heterocycles. The average molecular weight is 313 g/mol. The molecular weight excluding hydrogens is 294 g/mol. The Hall–Kier alpha value is -1.96. The number of carbonyl (C=O) groups excluding carboxylic acids is 3. The van der Waals surface area contributed by atoms with Crippen LogP contribution in [0.1, 0.15) is 41.1 Å². The Balaban J connectivity index is 2.68. The molecule has 0 fully saturated rings. The highest BCUT2D eigenvalue weighted by Crippen LogP contribution is 2.11. The number of rotatable bonds is 6. The van der Waals surface area contributed by atoms with Gasteiger partial charge in [-0.1, -0.05) is 0 Å². The number of nitrogens with one attached hydrogen (secondary N) is 1. The second-order valence-corrected chi connectivity index (χ2v) is 5.16. The van der Waals surface area contributed by atoms with Crippen molar-refractivity contribution in [3.05, 3.63) is 16.1 Å². The molecule has 0 aliphatic rings. The van der Waals surface area contributed by atoms with Crippen LogP contribution >= 0.6 is 11.3 Å². The highest BCUT2D eigenvalue weighted by molar-refractivity contribution is 7.11. The van der Waals surface area contributed by atoms with Crippen LogP contribution in [0.25, 0.3) is 0 Å². The summed E-state index contributed by atoms with van der Waals surface area (Å²) < 4.78 is 4.80. The summed E-state index contributed by atoms with van der Waals surface area (Å²) in [6.45, 7) is 5.94. The van der Waals surface area contributed by atoms with Gasteiger partial charge in [-0.3, -0.25) is 9.59 Å². The molecule has 0 radical (unpaired) electrons. The number of aromatic nitrogens is 1. The number of nitrogens with zero attached hydrogens (tertiary/aromatic N) is 2. The molecule has 1 aromatic rings. The van der Waals surface area contributed by atoms with Crippen molar-refractivity contribution in [2.75, 3.05) is 20.2 Å². The first-order chi connectivity index (χ1) is 9.90. The first-order valence-electron chi connectivity index (χ1n) is 6.59. The molecule has 0 bridgehead atoms. The lowest BCUT2D eigenvalue weighted by molar-refractivity contribution is -0.131. The molecule has 21 heavy (non-hydrogen) atoms. The Morgan fingerprint density at radius 2 is 2.10 bits per heavy atom. The van der Waals surface area contributed by atoms with Gasteiger partial charge in [-0.2, -0.15) is 0 Å². The summed E-state index contributed by atoms with van der Waals surface area (Å²) in [4.78, 5) is 40.7. The van der Waals surface area contributed by atoms with Crippen molar-refractivity contribution in [1.82, 2.24) is 15.2 Å². The average Bonchev–Trinajstić information content (AvgIpc) is 2.95. The van der Waals surface area contributed by atoms with E-state index in [1.54, 1.807) is 20.9 Å². The summed E-state index contributed by atoms with van der Waals surface area (Å²) in [5, 5.41) is 4.14. The van der Waals surface area contributed by atoms with Crippen molar-refractivity contribution in [3.8, 4) is 0 Å². The number of amides is 2. The third-order valence-electron chi connectivity index (χ3n) is 2.76. The first kappa shape index (κ1) is 17.1. The van der Waals surface area contributed by atoms with Gasteiger partial charge < -0.3 is 15.0 Å². The molecule has 1 aromatic heterocycles. The molecule has 1 heterocycles. The Morgan fingerprint density at radius 1 is 1.43 bits per heavy atom. The highest BCUT2D eigenvalue weighted by atomic mass is 32.1. The van der Waals surface area contributed by atoms with Crippen molar-refractivity contribution in [3.63, 3.8) is 0 Å². The zero-order valence-corrected chi connectivity index (χ0v) is 13.3. The predicted octanol–water partition coefficient (Wildman–Crippen LogP) is 0.916. The van der Waals surface area contributed by atoms with Crippen LogP contribution in [-0.2, 0) is 9.53 Å². The molecule has 1 atom stereocenters. The number of hydrogen-bond donors (Lipinski definition) is 1. The van der Waals surface area contributed by atoms with E-state index in [1.165, 1.54) is 10.3 Å². The fourth-order valence-corrected chi connectivity index (χ4v) is 2.17. The lowest BCUT2D eigenvalue weighted by Crippen LogP contribution is -2.45. The van der Waals surface area contributed by atoms with E-state index in [-0.39, 0.29) is 23.2 Å². The van der Waals surface area contributed by atoms with Crippen LogP contribution in [0.2, 0.25) is 0 Å². The third-order valence-corrected chi connectivity index (χ3v) is 3.58. The van der Waals surface area contributed by atoms with Gasteiger partial charge >= 0.3 is 5.97 Å². The molecule has 8 heteroatoms. The number of esters is 1. The molecule has 0 aliphatic carbocycles. The monoisotopic (exact) mass is 313 g/mol. The lowest BCUT2D eigenvalue weighted by Gasteiger charge is -2.20.